The van der Waals surface area contributed by atoms with Gasteiger partial charge in [0.2, 0.25) is 6.19 Å². The number of alkyl halides is 3. The molecule has 0 unspecified atom stereocenters. The summed E-state index contributed by atoms with van der Waals surface area (Å²) in [5, 5.41) is 7.61. The predicted molar refractivity (Wildman–Crippen MR) is 20.8 cm³/mol. The van der Waals surface area contributed by atoms with Gasteiger partial charge in [-0.25, -0.2) is 5.48 Å². The second-order valence-electron chi connectivity index (χ2n) is 1.12. The van der Waals surface area contributed by atoms with Gasteiger partial charge in [-0.3, -0.25) is 4.84 Å². The molecule has 0 saturated heterocycles. The topological polar surface area (TPSA) is 45.0 Å². The monoisotopic (exact) mass is 140 g/mol. The minimum atomic E-state index is -4.39. The Morgan fingerprint density at radius 1 is 1.56 bits per heavy atom. The molecule has 0 saturated carbocycles. The van der Waals surface area contributed by atoms with Gasteiger partial charge < -0.3 is 0 Å². The van der Waals surface area contributed by atoms with Crippen LogP contribution in [0.2, 0.25) is 0 Å². The van der Waals surface area contributed by atoms with Crippen LogP contribution in [-0.4, -0.2) is 12.8 Å². The van der Waals surface area contributed by atoms with Crippen LogP contribution >= 0.6 is 0 Å². The molecule has 0 amide bonds. The van der Waals surface area contributed by atoms with Crippen molar-refractivity contribution in [2.75, 3.05) is 6.61 Å². The van der Waals surface area contributed by atoms with Crippen molar-refractivity contribution in [2.45, 2.75) is 6.18 Å². The summed E-state index contributed by atoms with van der Waals surface area (Å²) >= 11 is 0. The van der Waals surface area contributed by atoms with Gasteiger partial charge in [-0.05, 0) is 0 Å². The van der Waals surface area contributed by atoms with Crippen LogP contribution < -0.4 is 5.48 Å². The van der Waals surface area contributed by atoms with Gasteiger partial charge in [0, 0.05) is 0 Å². The lowest BCUT2D eigenvalue weighted by atomic mass is 10.7. The molecule has 0 atom stereocenters. The number of halogens is 3. The quantitative estimate of drug-likeness (QED) is 0.263. The van der Waals surface area contributed by atoms with Crippen LogP contribution in [0.1, 0.15) is 0 Å². The fraction of sp³-hybridized carbons (Fsp3) is 0.667. The van der Waals surface area contributed by atoms with Crippen LogP contribution in [0.3, 0.4) is 0 Å². The zero-order chi connectivity index (χ0) is 7.33. The van der Waals surface area contributed by atoms with Gasteiger partial charge in [0.1, 0.15) is 0 Å². The van der Waals surface area contributed by atoms with Crippen LogP contribution in [0.4, 0.5) is 13.2 Å². The Kier molecular flexibility index (Phi) is 2.81. The zero-order valence-corrected chi connectivity index (χ0v) is 4.20. The van der Waals surface area contributed by atoms with E-state index in [1.54, 1.807) is 0 Å². The van der Waals surface area contributed by atoms with Crippen LogP contribution in [0.5, 0.6) is 0 Å². The number of hydrogen-bond acceptors (Lipinski definition) is 3. The molecule has 0 aliphatic rings. The molecule has 0 rings (SSSR count). The number of nitriles is 1. The van der Waals surface area contributed by atoms with Crippen LogP contribution in [-0.2, 0) is 4.84 Å². The normalized spacial score (nSPS) is 10.4. The molecule has 0 spiro atoms. The molecule has 0 bridgehead atoms. The first-order valence-corrected chi connectivity index (χ1v) is 1.89. The fourth-order valence-corrected chi connectivity index (χ4v) is 0.150. The molecule has 9 heavy (non-hydrogen) atoms. The van der Waals surface area contributed by atoms with Crippen molar-refractivity contribution in [2.24, 2.45) is 0 Å². The lowest BCUT2D eigenvalue weighted by molar-refractivity contribution is -0.184. The first-order valence-electron chi connectivity index (χ1n) is 1.89. The highest BCUT2D eigenvalue weighted by Gasteiger charge is 2.27. The Bertz CT molecular complexity index is 115. The first kappa shape index (κ1) is 8.04. The molecule has 52 valence electrons. The first-order chi connectivity index (χ1) is 4.06. The Labute approximate surface area is 49.0 Å². The van der Waals surface area contributed by atoms with E-state index in [2.05, 4.69) is 4.84 Å². The maximum atomic E-state index is 11.1. The van der Waals surface area contributed by atoms with Crippen molar-refractivity contribution >= 4 is 0 Å². The number of rotatable bonds is 2. The molecule has 1 N–H and O–H groups in total. The summed E-state index contributed by atoms with van der Waals surface area (Å²) in [7, 11) is 0. The van der Waals surface area contributed by atoms with Gasteiger partial charge in [-0.1, -0.05) is 0 Å². The molecule has 0 heterocycles. The van der Waals surface area contributed by atoms with Gasteiger partial charge >= 0.3 is 6.18 Å². The SMILES string of the molecule is N#CNOCC(F)(F)F. The number of nitrogens with one attached hydrogen (secondary N) is 1. The third-order valence-electron chi connectivity index (χ3n) is 0.354. The summed E-state index contributed by atoms with van der Waals surface area (Å²) in [5.74, 6) is 0. The Balaban J connectivity index is 3.20. The molecule has 0 aromatic heterocycles. The second kappa shape index (κ2) is 3.14. The van der Waals surface area contributed by atoms with E-state index < -0.39 is 12.8 Å². The minimum absolute atomic E-state index is 1.17. The van der Waals surface area contributed by atoms with E-state index in [4.69, 9.17) is 5.26 Å². The summed E-state index contributed by atoms with van der Waals surface area (Å²) in [4.78, 5) is 3.61. The molecule has 6 heteroatoms. The lowest BCUT2D eigenvalue weighted by Crippen LogP contribution is -2.21. The van der Waals surface area contributed by atoms with Gasteiger partial charge in [-0.2, -0.15) is 18.4 Å². The zero-order valence-electron chi connectivity index (χ0n) is 4.20. The second-order valence-corrected chi connectivity index (χ2v) is 1.12. The van der Waals surface area contributed by atoms with Gasteiger partial charge in [0.25, 0.3) is 0 Å². The summed E-state index contributed by atoms with van der Waals surface area (Å²) in [6.07, 6.45) is -3.22. The van der Waals surface area contributed by atoms with E-state index in [9.17, 15) is 13.2 Å². The largest absolute Gasteiger partial charge is 0.414 e. The van der Waals surface area contributed by atoms with Crippen molar-refractivity contribution in [3.05, 3.63) is 0 Å². The summed E-state index contributed by atoms with van der Waals surface area (Å²) < 4.78 is 33.3. The molecule has 0 aliphatic heterocycles. The molecule has 0 aliphatic carbocycles. The molecule has 3 nitrogen and oxygen atoms in total. The maximum Gasteiger partial charge on any atom is 0.414 e. The number of hydroxylamine groups is 1. The van der Waals surface area contributed by atoms with E-state index in [0.29, 0.717) is 0 Å². The lowest BCUT2D eigenvalue weighted by Gasteiger charge is -2.02. The highest BCUT2D eigenvalue weighted by atomic mass is 19.4. The maximum absolute atomic E-state index is 11.1. The highest BCUT2D eigenvalue weighted by molar-refractivity contribution is 4.54. The van der Waals surface area contributed by atoms with E-state index in [0.717, 1.165) is 0 Å². The highest BCUT2D eigenvalue weighted by Crippen LogP contribution is 2.13. The van der Waals surface area contributed by atoms with E-state index in [1.165, 1.54) is 11.7 Å². The molecular formula is C3H3F3N2O. The van der Waals surface area contributed by atoms with Gasteiger partial charge in [-0.15, -0.1) is 0 Å². The number of nitrogens with zero attached hydrogens (tertiary/aromatic N) is 1. The standard InChI is InChI=1S/C3H3F3N2O/c4-3(5,6)1-9-8-2-7/h8H,1H2. The Hall–Kier alpha value is -0.960. The third-order valence-corrected chi connectivity index (χ3v) is 0.354. The fourth-order valence-electron chi connectivity index (χ4n) is 0.150. The van der Waals surface area contributed by atoms with Gasteiger partial charge in [0.05, 0.1) is 0 Å². The smallest absolute Gasteiger partial charge is 0.257 e. The third kappa shape index (κ3) is 7.04. The summed E-state index contributed by atoms with van der Waals surface area (Å²) in [6, 6.07) is 0. The minimum Gasteiger partial charge on any atom is -0.257 e. The van der Waals surface area contributed by atoms with Crippen molar-refractivity contribution < 1.29 is 18.0 Å². The van der Waals surface area contributed by atoms with Crippen molar-refractivity contribution in [1.29, 1.82) is 5.26 Å². The molecule has 0 aromatic carbocycles. The van der Waals surface area contributed by atoms with E-state index >= 15 is 0 Å². The Morgan fingerprint density at radius 3 is 2.44 bits per heavy atom. The van der Waals surface area contributed by atoms with Gasteiger partial charge in [0.15, 0.2) is 6.61 Å². The molecule has 0 fully saturated rings. The average Bonchev–Trinajstić information content (AvgIpc) is 1.63. The van der Waals surface area contributed by atoms with Crippen molar-refractivity contribution in [3.63, 3.8) is 0 Å². The summed E-state index contributed by atoms with van der Waals surface area (Å²) in [6.45, 7) is -1.46. The van der Waals surface area contributed by atoms with Crippen LogP contribution in [0.15, 0.2) is 0 Å². The molecular weight excluding hydrogens is 137 g/mol. The van der Waals surface area contributed by atoms with E-state index in [-0.39, 0.29) is 0 Å². The van der Waals surface area contributed by atoms with Crippen molar-refractivity contribution in [3.8, 4) is 6.19 Å². The van der Waals surface area contributed by atoms with Crippen LogP contribution in [0.25, 0.3) is 0 Å². The molecule has 0 radical (unpaired) electrons. The Morgan fingerprint density at radius 2 is 2.11 bits per heavy atom. The molecule has 0 aromatic rings. The average molecular weight is 140 g/mol. The predicted octanol–water partition coefficient (Wildman–Crippen LogP) is 0.551. The number of hydrogen-bond donors (Lipinski definition) is 1. The van der Waals surface area contributed by atoms with E-state index in [1.807, 2.05) is 0 Å². The summed E-state index contributed by atoms with van der Waals surface area (Å²) in [5.41, 5.74) is 1.39. The van der Waals surface area contributed by atoms with Crippen molar-refractivity contribution in [1.82, 2.24) is 5.48 Å². The van der Waals surface area contributed by atoms with Crippen LogP contribution in [0, 0.1) is 11.5 Å².